The number of hydrogen-bond donors (Lipinski definition) is 2. The molecule has 5 heteroatoms. The van der Waals surface area contributed by atoms with E-state index in [2.05, 4.69) is 10.6 Å². The van der Waals surface area contributed by atoms with Gasteiger partial charge in [0.1, 0.15) is 0 Å². The van der Waals surface area contributed by atoms with E-state index in [-0.39, 0.29) is 17.9 Å². The molecule has 0 radical (unpaired) electrons. The van der Waals surface area contributed by atoms with Crippen LogP contribution in [0.15, 0.2) is 12.1 Å². The second-order valence-electron chi connectivity index (χ2n) is 5.80. The molecule has 2 heterocycles. The maximum absolute atomic E-state index is 12.4. The van der Waals surface area contributed by atoms with Crippen molar-refractivity contribution < 1.29 is 9.59 Å². The molecule has 1 fully saturated rings. The predicted octanol–water partition coefficient (Wildman–Crippen LogP) is 0.996. The second kappa shape index (κ2) is 5.48. The monoisotopic (exact) mass is 287 g/mol. The van der Waals surface area contributed by atoms with E-state index in [0.717, 1.165) is 42.7 Å². The number of amides is 2. The summed E-state index contributed by atoms with van der Waals surface area (Å²) in [7, 11) is 1.63. The molecular weight excluding hydrogens is 266 g/mol. The molecule has 1 saturated heterocycles. The molecule has 2 aliphatic rings. The Hall–Kier alpha value is -1.88. The summed E-state index contributed by atoms with van der Waals surface area (Å²) in [5, 5.41) is 5.98. The zero-order valence-corrected chi connectivity index (χ0v) is 12.5. The average Bonchev–Trinajstić information content (AvgIpc) is 2.81. The van der Waals surface area contributed by atoms with Crippen molar-refractivity contribution in [3.05, 3.63) is 28.8 Å². The molecule has 112 valence electrons. The summed E-state index contributed by atoms with van der Waals surface area (Å²) in [5.74, 6) is 0.0634. The van der Waals surface area contributed by atoms with Crippen molar-refractivity contribution in [3.63, 3.8) is 0 Å². The number of aryl methyl sites for hydroxylation is 1. The Morgan fingerprint density at radius 3 is 2.71 bits per heavy atom. The number of carbonyl (C=O) groups excluding carboxylic acids is 2. The zero-order valence-electron chi connectivity index (χ0n) is 12.5. The molecule has 1 aromatic rings. The molecule has 3 rings (SSSR count). The van der Waals surface area contributed by atoms with E-state index in [9.17, 15) is 9.59 Å². The summed E-state index contributed by atoms with van der Waals surface area (Å²) in [6.07, 6.45) is 2.38. The minimum absolute atomic E-state index is 0.0944. The first-order chi connectivity index (χ1) is 10.1. The largest absolute Gasteiger partial charge is 0.355 e. The van der Waals surface area contributed by atoms with Crippen LogP contribution in [-0.4, -0.2) is 38.0 Å². The van der Waals surface area contributed by atoms with E-state index in [4.69, 9.17) is 0 Å². The maximum atomic E-state index is 12.4. The lowest BCUT2D eigenvalue weighted by Crippen LogP contribution is -2.44. The van der Waals surface area contributed by atoms with Gasteiger partial charge >= 0.3 is 0 Å². The molecule has 0 atom stereocenters. The van der Waals surface area contributed by atoms with E-state index >= 15 is 0 Å². The van der Waals surface area contributed by atoms with E-state index in [0.29, 0.717) is 12.0 Å². The number of hydrogen-bond acceptors (Lipinski definition) is 3. The molecule has 0 bridgehead atoms. The fourth-order valence-electron chi connectivity index (χ4n) is 3.33. The van der Waals surface area contributed by atoms with Crippen LogP contribution in [0.3, 0.4) is 0 Å². The summed E-state index contributed by atoms with van der Waals surface area (Å²) < 4.78 is 0. The highest BCUT2D eigenvalue weighted by Crippen LogP contribution is 2.35. The van der Waals surface area contributed by atoms with Crippen molar-refractivity contribution in [1.29, 1.82) is 0 Å². The van der Waals surface area contributed by atoms with Crippen LogP contribution >= 0.6 is 0 Å². The van der Waals surface area contributed by atoms with Gasteiger partial charge in [0, 0.05) is 24.3 Å². The van der Waals surface area contributed by atoms with Crippen LogP contribution in [0.4, 0.5) is 5.69 Å². The minimum atomic E-state index is -0.0944. The number of benzene rings is 1. The molecule has 0 aromatic heterocycles. The van der Waals surface area contributed by atoms with E-state index < -0.39 is 0 Å². The predicted molar refractivity (Wildman–Crippen MR) is 81.7 cm³/mol. The van der Waals surface area contributed by atoms with Gasteiger partial charge in [0.25, 0.3) is 5.91 Å². The zero-order chi connectivity index (χ0) is 15.0. The highest BCUT2D eigenvalue weighted by atomic mass is 16.2. The number of nitrogens with one attached hydrogen (secondary N) is 2. The molecule has 5 nitrogen and oxygen atoms in total. The Labute approximate surface area is 124 Å². The first-order valence-electron chi connectivity index (χ1n) is 7.50. The van der Waals surface area contributed by atoms with Gasteiger partial charge in [-0.25, -0.2) is 0 Å². The molecule has 0 aliphatic carbocycles. The Kier molecular flexibility index (Phi) is 3.68. The van der Waals surface area contributed by atoms with Gasteiger partial charge in [-0.05, 0) is 56.1 Å². The number of nitrogens with zero attached hydrogens (tertiary/aromatic N) is 1. The summed E-state index contributed by atoms with van der Waals surface area (Å²) >= 11 is 0. The fourth-order valence-corrected chi connectivity index (χ4v) is 3.33. The van der Waals surface area contributed by atoms with Crippen molar-refractivity contribution >= 4 is 17.5 Å². The number of anilines is 1. The van der Waals surface area contributed by atoms with Gasteiger partial charge in [-0.2, -0.15) is 0 Å². The normalized spacial score (nSPS) is 18.8. The SMILES string of the molecule is CNC(=O)c1cc2c(cc1C)N(C1CCNCC1)C(=O)C2. The van der Waals surface area contributed by atoms with Crippen molar-refractivity contribution in [1.82, 2.24) is 10.6 Å². The van der Waals surface area contributed by atoms with Crippen LogP contribution in [0.1, 0.15) is 34.3 Å². The molecule has 0 spiro atoms. The van der Waals surface area contributed by atoms with Gasteiger partial charge in [-0.15, -0.1) is 0 Å². The van der Waals surface area contributed by atoms with Crippen molar-refractivity contribution in [2.75, 3.05) is 25.0 Å². The molecule has 1 aromatic carbocycles. The van der Waals surface area contributed by atoms with Gasteiger partial charge in [0.05, 0.1) is 6.42 Å². The average molecular weight is 287 g/mol. The van der Waals surface area contributed by atoms with Crippen molar-refractivity contribution in [2.45, 2.75) is 32.2 Å². The van der Waals surface area contributed by atoms with Crippen LogP contribution in [0.5, 0.6) is 0 Å². The van der Waals surface area contributed by atoms with E-state index in [1.807, 2.05) is 24.0 Å². The lowest BCUT2D eigenvalue weighted by Gasteiger charge is -2.32. The Morgan fingerprint density at radius 2 is 2.05 bits per heavy atom. The first kappa shape index (κ1) is 14.1. The number of rotatable bonds is 2. The van der Waals surface area contributed by atoms with Crippen molar-refractivity contribution in [3.8, 4) is 0 Å². The first-order valence-corrected chi connectivity index (χ1v) is 7.50. The molecule has 0 unspecified atom stereocenters. The molecular formula is C16H21N3O2. The maximum Gasteiger partial charge on any atom is 0.251 e. The van der Waals surface area contributed by atoms with Crippen molar-refractivity contribution in [2.24, 2.45) is 0 Å². The van der Waals surface area contributed by atoms with E-state index in [1.54, 1.807) is 7.05 Å². The third-order valence-corrected chi connectivity index (χ3v) is 4.44. The highest BCUT2D eigenvalue weighted by molar-refractivity contribution is 6.04. The molecule has 2 aliphatic heterocycles. The molecule has 21 heavy (non-hydrogen) atoms. The van der Waals surface area contributed by atoms with Crippen LogP contribution < -0.4 is 15.5 Å². The lowest BCUT2D eigenvalue weighted by molar-refractivity contribution is -0.117. The second-order valence-corrected chi connectivity index (χ2v) is 5.80. The Balaban J connectivity index is 1.97. The number of piperidine rings is 1. The van der Waals surface area contributed by atoms with Crippen LogP contribution in [0.25, 0.3) is 0 Å². The molecule has 0 saturated carbocycles. The van der Waals surface area contributed by atoms with Crippen LogP contribution in [0.2, 0.25) is 0 Å². The van der Waals surface area contributed by atoms with Gasteiger partial charge in [0.15, 0.2) is 0 Å². The number of carbonyl (C=O) groups is 2. The Bertz CT molecular complexity index is 591. The van der Waals surface area contributed by atoms with E-state index in [1.165, 1.54) is 0 Å². The standard InChI is InChI=1S/C16H21N3O2/c1-10-7-14-11(8-13(10)16(21)17-2)9-15(20)19(14)12-3-5-18-6-4-12/h7-8,12,18H,3-6,9H2,1-2H3,(H,17,21). The van der Waals surface area contributed by atoms with Crippen LogP contribution in [-0.2, 0) is 11.2 Å². The summed E-state index contributed by atoms with van der Waals surface area (Å²) in [6.45, 7) is 3.84. The molecule has 2 amide bonds. The Morgan fingerprint density at radius 1 is 1.33 bits per heavy atom. The lowest BCUT2D eigenvalue weighted by atomic mass is 10.0. The van der Waals surface area contributed by atoms with Gasteiger partial charge in [0.2, 0.25) is 5.91 Å². The highest BCUT2D eigenvalue weighted by Gasteiger charge is 2.34. The number of fused-ring (bicyclic) bond motifs is 1. The van der Waals surface area contributed by atoms with Gasteiger partial charge < -0.3 is 15.5 Å². The van der Waals surface area contributed by atoms with Crippen LogP contribution in [0, 0.1) is 6.92 Å². The third-order valence-electron chi connectivity index (χ3n) is 4.44. The summed E-state index contributed by atoms with van der Waals surface area (Å²) in [5.41, 5.74) is 3.55. The topological polar surface area (TPSA) is 61.4 Å². The quantitative estimate of drug-likeness (QED) is 0.853. The third kappa shape index (κ3) is 2.42. The minimum Gasteiger partial charge on any atom is -0.355 e. The smallest absolute Gasteiger partial charge is 0.251 e. The van der Waals surface area contributed by atoms with Gasteiger partial charge in [-0.1, -0.05) is 0 Å². The molecule has 2 N–H and O–H groups in total. The summed E-state index contributed by atoms with van der Waals surface area (Å²) in [4.78, 5) is 26.2. The van der Waals surface area contributed by atoms with Gasteiger partial charge in [-0.3, -0.25) is 9.59 Å². The fraction of sp³-hybridized carbons (Fsp3) is 0.500. The summed E-state index contributed by atoms with van der Waals surface area (Å²) in [6, 6.07) is 4.15.